The molecule has 26 heavy (non-hydrogen) atoms. The zero-order valence-corrected chi connectivity index (χ0v) is 15.6. The largest absolute Gasteiger partial charge is 0.376 e. The molecule has 142 valence electrons. The maximum Gasteiger partial charge on any atom is 0.223 e. The molecule has 2 fully saturated rings. The van der Waals surface area contributed by atoms with E-state index in [1.807, 2.05) is 37.3 Å². The summed E-state index contributed by atoms with van der Waals surface area (Å²) in [5, 5.41) is 6.14. The van der Waals surface area contributed by atoms with E-state index in [0.717, 1.165) is 50.7 Å². The lowest BCUT2D eigenvalue weighted by molar-refractivity contribution is -0.131. The van der Waals surface area contributed by atoms with Gasteiger partial charge in [0.15, 0.2) is 0 Å². The molecule has 5 nitrogen and oxygen atoms in total. The highest BCUT2D eigenvalue weighted by atomic mass is 16.5. The van der Waals surface area contributed by atoms with Crippen LogP contribution in [0.1, 0.15) is 57.1 Å². The van der Waals surface area contributed by atoms with Crippen LogP contribution in [0, 0.1) is 11.8 Å². The van der Waals surface area contributed by atoms with E-state index in [9.17, 15) is 9.59 Å². The molecule has 0 spiro atoms. The maximum absolute atomic E-state index is 12.5. The molecule has 2 amide bonds. The first-order valence-corrected chi connectivity index (χ1v) is 9.88. The van der Waals surface area contributed by atoms with Crippen molar-refractivity contribution in [2.45, 2.75) is 57.6 Å². The fraction of sp³-hybridized carbons (Fsp3) is 0.619. The number of nitrogens with one attached hydrogen (secondary N) is 2. The first kappa shape index (κ1) is 18.9. The molecule has 2 unspecified atom stereocenters. The average molecular weight is 358 g/mol. The first-order chi connectivity index (χ1) is 12.6. The van der Waals surface area contributed by atoms with Crippen LogP contribution in [0.4, 0.5) is 0 Å². The Labute approximate surface area is 155 Å². The van der Waals surface area contributed by atoms with Crippen LogP contribution in [0.15, 0.2) is 30.3 Å². The Morgan fingerprint density at radius 1 is 1.04 bits per heavy atom. The molecule has 0 bridgehead atoms. The smallest absolute Gasteiger partial charge is 0.223 e. The van der Waals surface area contributed by atoms with Crippen LogP contribution in [0.5, 0.6) is 0 Å². The number of hydrogen-bond donors (Lipinski definition) is 2. The summed E-state index contributed by atoms with van der Waals surface area (Å²) in [4.78, 5) is 24.9. The summed E-state index contributed by atoms with van der Waals surface area (Å²) in [5.41, 5.74) is 1.11. The van der Waals surface area contributed by atoms with Crippen molar-refractivity contribution in [1.82, 2.24) is 10.6 Å². The van der Waals surface area contributed by atoms with E-state index >= 15 is 0 Å². The summed E-state index contributed by atoms with van der Waals surface area (Å²) in [5.74, 6) is 0.284. The lowest BCUT2D eigenvalue weighted by Gasteiger charge is -2.28. The Morgan fingerprint density at radius 3 is 2.31 bits per heavy atom. The molecule has 1 saturated carbocycles. The minimum atomic E-state index is 0.0103. The Kier molecular flexibility index (Phi) is 6.67. The Balaban J connectivity index is 1.39. The van der Waals surface area contributed by atoms with E-state index in [-0.39, 0.29) is 35.8 Å². The molecule has 2 atom stereocenters. The average Bonchev–Trinajstić information content (AvgIpc) is 3.20. The van der Waals surface area contributed by atoms with Crippen molar-refractivity contribution in [3.05, 3.63) is 35.9 Å². The molecule has 1 heterocycles. The highest BCUT2D eigenvalue weighted by molar-refractivity contribution is 5.81. The van der Waals surface area contributed by atoms with Gasteiger partial charge in [-0.2, -0.15) is 0 Å². The topological polar surface area (TPSA) is 67.4 Å². The van der Waals surface area contributed by atoms with Gasteiger partial charge >= 0.3 is 0 Å². The second-order valence-electron chi connectivity index (χ2n) is 7.57. The van der Waals surface area contributed by atoms with Crippen LogP contribution < -0.4 is 10.6 Å². The number of carbonyl (C=O) groups excluding carboxylic acids is 2. The number of hydrogen-bond acceptors (Lipinski definition) is 3. The maximum atomic E-state index is 12.5. The van der Waals surface area contributed by atoms with Crippen LogP contribution in [0.2, 0.25) is 0 Å². The van der Waals surface area contributed by atoms with Gasteiger partial charge in [-0.3, -0.25) is 9.59 Å². The van der Waals surface area contributed by atoms with Gasteiger partial charge in [-0.05, 0) is 51.0 Å². The molecule has 1 saturated heterocycles. The van der Waals surface area contributed by atoms with Crippen molar-refractivity contribution in [3.63, 3.8) is 0 Å². The highest BCUT2D eigenvalue weighted by Crippen LogP contribution is 2.29. The van der Waals surface area contributed by atoms with Crippen molar-refractivity contribution in [1.29, 1.82) is 0 Å². The third-order valence-corrected chi connectivity index (χ3v) is 5.66. The zero-order valence-electron chi connectivity index (χ0n) is 15.6. The fourth-order valence-corrected chi connectivity index (χ4v) is 3.94. The standard InChI is InChI=1S/C21H30N2O3/c1-15(16-6-3-2-4-7-16)23-21(25)18-11-9-17(10-12-18)20(24)22-14-19-8-5-13-26-19/h2-4,6-7,15,17-19H,5,8-14H2,1H3,(H,22,24)(H,23,25). The molecule has 3 rings (SSSR count). The second-order valence-corrected chi connectivity index (χ2v) is 7.57. The molecule has 0 aromatic heterocycles. The van der Waals surface area contributed by atoms with Gasteiger partial charge in [-0.1, -0.05) is 30.3 Å². The minimum absolute atomic E-state index is 0.0103. The third kappa shape index (κ3) is 5.07. The molecular formula is C21H30N2O3. The predicted octanol–water partition coefficient (Wildman–Crippen LogP) is 2.97. The van der Waals surface area contributed by atoms with Gasteiger partial charge in [-0.15, -0.1) is 0 Å². The van der Waals surface area contributed by atoms with Crippen LogP contribution in [-0.4, -0.2) is 31.1 Å². The summed E-state index contributed by atoms with van der Waals surface area (Å²) >= 11 is 0. The number of benzene rings is 1. The summed E-state index contributed by atoms with van der Waals surface area (Å²) in [6.45, 7) is 3.44. The highest BCUT2D eigenvalue weighted by Gasteiger charge is 2.30. The lowest BCUT2D eigenvalue weighted by atomic mass is 9.81. The van der Waals surface area contributed by atoms with Gasteiger partial charge < -0.3 is 15.4 Å². The quantitative estimate of drug-likeness (QED) is 0.821. The molecule has 1 aliphatic carbocycles. The molecule has 2 aliphatic rings. The van der Waals surface area contributed by atoms with E-state index in [1.54, 1.807) is 0 Å². The number of rotatable bonds is 6. The van der Waals surface area contributed by atoms with Crippen LogP contribution in [-0.2, 0) is 14.3 Å². The molecule has 1 aromatic carbocycles. The summed E-state index contributed by atoms with van der Waals surface area (Å²) in [6, 6.07) is 10.0. The fourth-order valence-electron chi connectivity index (χ4n) is 3.94. The number of ether oxygens (including phenoxy) is 1. The van der Waals surface area contributed by atoms with E-state index in [2.05, 4.69) is 10.6 Å². The molecule has 5 heteroatoms. The van der Waals surface area contributed by atoms with Gasteiger partial charge in [0.2, 0.25) is 11.8 Å². The van der Waals surface area contributed by atoms with E-state index < -0.39 is 0 Å². The van der Waals surface area contributed by atoms with Gasteiger partial charge in [-0.25, -0.2) is 0 Å². The molecule has 2 N–H and O–H groups in total. The second kappa shape index (κ2) is 9.17. The van der Waals surface area contributed by atoms with Gasteiger partial charge in [0.25, 0.3) is 0 Å². The molecule has 0 radical (unpaired) electrons. The molecule has 1 aromatic rings. The summed E-state index contributed by atoms with van der Waals surface area (Å²) in [6.07, 6.45) is 5.44. The Morgan fingerprint density at radius 2 is 1.69 bits per heavy atom. The zero-order chi connectivity index (χ0) is 18.4. The van der Waals surface area contributed by atoms with Crippen molar-refractivity contribution in [2.75, 3.05) is 13.2 Å². The Hall–Kier alpha value is -1.88. The van der Waals surface area contributed by atoms with Crippen LogP contribution in [0.25, 0.3) is 0 Å². The van der Waals surface area contributed by atoms with Crippen molar-refractivity contribution in [3.8, 4) is 0 Å². The Bertz CT molecular complexity index is 591. The van der Waals surface area contributed by atoms with Gasteiger partial charge in [0.1, 0.15) is 0 Å². The first-order valence-electron chi connectivity index (χ1n) is 9.88. The van der Waals surface area contributed by atoms with E-state index in [4.69, 9.17) is 4.74 Å². The van der Waals surface area contributed by atoms with Gasteiger partial charge in [0, 0.05) is 25.0 Å². The monoisotopic (exact) mass is 358 g/mol. The summed E-state index contributed by atoms with van der Waals surface area (Å²) in [7, 11) is 0. The van der Waals surface area contributed by atoms with Crippen molar-refractivity contribution < 1.29 is 14.3 Å². The summed E-state index contributed by atoms with van der Waals surface area (Å²) < 4.78 is 5.54. The molecule has 1 aliphatic heterocycles. The van der Waals surface area contributed by atoms with Crippen molar-refractivity contribution >= 4 is 11.8 Å². The van der Waals surface area contributed by atoms with E-state index in [0.29, 0.717) is 6.54 Å². The number of amides is 2. The number of carbonyl (C=O) groups is 2. The van der Waals surface area contributed by atoms with E-state index in [1.165, 1.54) is 0 Å². The van der Waals surface area contributed by atoms with Crippen molar-refractivity contribution in [2.24, 2.45) is 11.8 Å². The molecular weight excluding hydrogens is 328 g/mol. The van der Waals surface area contributed by atoms with Gasteiger partial charge in [0.05, 0.1) is 12.1 Å². The van der Waals surface area contributed by atoms with Crippen LogP contribution in [0.3, 0.4) is 0 Å². The van der Waals surface area contributed by atoms with Crippen LogP contribution >= 0.6 is 0 Å². The lowest BCUT2D eigenvalue weighted by Crippen LogP contribution is -2.40. The minimum Gasteiger partial charge on any atom is -0.376 e. The predicted molar refractivity (Wildman–Crippen MR) is 100 cm³/mol. The third-order valence-electron chi connectivity index (χ3n) is 5.66. The SMILES string of the molecule is CC(NC(=O)C1CCC(C(=O)NCC2CCCO2)CC1)c1ccccc1. The normalized spacial score (nSPS) is 26.9.